The molecule has 2 rings (SSSR count). The highest BCUT2D eigenvalue weighted by Crippen LogP contribution is 2.32. The zero-order valence-corrected chi connectivity index (χ0v) is 11.1. The average molecular weight is 245 g/mol. The van der Waals surface area contributed by atoms with Crippen LogP contribution in [0.2, 0.25) is 0 Å². The van der Waals surface area contributed by atoms with Gasteiger partial charge in [-0.25, -0.2) is 4.90 Å². The van der Waals surface area contributed by atoms with Crippen LogP contribution in [0.5, 0.6) is 0 Å². The summed E-state index contributed by atoms with van der Waals surface area (Å²) < 4.78 is 0. The van der Waals surface area contributed by atoms with E-state index in [2.05, 4.69) is 32.9 Å². The molecule has 2 amide bonds. The summed E-state index contributed by atoms with van der Waals surface area (Å²) in [4.78, 5) is 25.0. The molecule has 0 fully saturated rings. The van der Waals surface area contributed by atoms with E-state index in [1.165, 1.54) is 17.1 Å². The van der Waals surface area contributed by atoms with Gasteiger partial charge in [0.15, 0.2) is 0 Å². The molecular formula is C15H19NO2. The summed E-state index contributed by atoms with van der Waals surface area (Å²) in [6.45, 7) is 6.32. The predicted octanol–water partition coefficient (Wildman–Crippen LogP) is 2.66. The number of hydrogen-bond acceptors (Lipinski definition) is 2. The van der Waals surface area contributed by atoms with Crippen molar-refractivity contribution in [3.05, 3.63) is 36.1 Å². The molecule has 0 radical (unpaired) electrons. The normalized spacial score (nSPS) is 28.0. The maximum Gasteiger partial charge on any atom is 0.257 e. The number of rotatable bonds is 2. The molecule has 1 heterocycles. The summed E-state index contributed by atoms with van der Waals surface area (Å²) in [5.74, 6) is 0.438. The van der Waals surface area contributed by atoms with Gasteiger partial charge in [0.05, 0.1) is 0 Å². The second-order valence-electron chi connectivity index (χ2n) is 5.31. The summed E-state index contributed by atoms with van der Waals surface area (Å²) in [5.41, 5.74) is 0.863. The van der Waals surface area contributed by atoms with E-state index in [9.17, 15) is 9.59 Å². The van der Waals surface area contributed by atoms with E-state index in [1.807, 2.05) is 6.08 Å². The van der Waals surface area contributed by atoms with Crippen molar-refractivity contribution >= 4 is 11.8 Å². The fourth-order valence-corrected chi connectivity index (χ4v) is 2.52. The highest BCUT2D eigenvalue weighted by molar-refractivity contribution is 6.14. The van der Waals surface area contributed by atoms with Gasteiger partial charge >= 0.3 is 0 Å². The van der Waals surface area contributed by atoms with Crippen LogP contribution in [0.15, 0.2) is 36.1 Å². The number of allylic oxidation sites excluding steroid dienone is 4. The minimum Gasteiger partial charge on any atom is -0.269 e. The quantitative estimate of drug-likeness (QED) is 0.554. The van der Waals surface area contributed by atoms with Gasteiger partial charge in [-0.1, -0.05) is 39.0 Å². The van der Waals surface area contributed by atoms with E-state index < -0.39 is 0 Å². The Labute approximate surface area is 108 Å². The molecule has 0 aromatic rings. The molecule has 3 nitrogen and oxygen atoms in total. The lowest BCUT2D eigenvalue weighted by Gasteiger charge is -2.28. The highest BCUT2D eigenvalue weighted by atomic mass is 16.2. The molecule has 18 heavy (non-hydrogen) atoms. The monoisotopic (exact) mass is 245 g/mol. The Morgan fingerprint density at radius 3 is 2.39 bits per heavy atom. The van der Waals surface area contributed by atoms with Gasteiger partial charge in [0, 0.05) is 23.8 Å². The Morgan fingerprint density at radius 1 is 1.22 bits per heavy atom. The van der Waals surface area contributed by atoms with Crippen molar-refractivity contribution < 1.29 is 9.59 Å². The van der Waals surface area contributed by atoms with Crippen LogP contribution in [0.1, 0.15) is 27.2 Å². The number of hydrogen-bond donors (Lipinski definition) is 0. The summed E-state index contributed by atoms with van der Waals surface area (Å²) in [6.07, 6.45) is 9.90. The van der Waals surface area contributed by atoms with Gasteiger partial charge < -0.3 is 0 Å². The number of carbonyl (C=O) groups is 2. The molecule has 0 spiro atoms. The first-order valence-electron chi connectivity index (χ1n) is 6.45. The first-order valence-corrected chi connectivity index (χ1v) is 6.45. The summed E-state index contributed by atoms with van der Waals surface area (Å²) in [7, 11) is 0. The van der Waals surface area contributed by atoms with Crippen molar-refractivity contribution in [3.63, 3.8) is 0 Å². The molecule has 0 saturated carbocycles. The highest BCUT2D eigenvalue weighted by Gasteiger charge is 2.33. The molecule has 2 atom stereocenters. The standard InChI is InChI=1S/C15H19NO2/c1-10(2)12-6-4-5-11(3)9-13(12)16-14(17)7-8-15(16)18/h4-5,7-12H,6H2,1-3H3. The van der Waals surface area contributed by atoms with Crippen molar-refractivity contribution in [1.82, 2.24) is 4.90 Å². The average Bonchev–Trinajstić information content (AvgIpc) is 2.51. The van der Waals surface area contributed by atoms with Gasteiger partial charge in [-0.2, -0.15) is 0 Å². The zero-order valence-electron chi connectivity index (χ0n) is 11.1. The Hall–Kier alpha value is -1.64. The van der Waals surface area contributed by atoms with E-state index in [-0.39, 0.29) is 23.7 Å². The Morgan fingerprint density at radius 2 is 1.83 bits per heavy atom. The van der Waals surface area contributed by atoms with Crippen LogP contribution in [-0.4, -0.2) is 16.7 Å². The summed E-state index contributed by atoms with van der Waals surface area (Å²) >= 11 is 0. The molecule has 2 aliphatic rings. The van der Waals surface area contributed by atoms with Crippen molar-refractivity contribution in [3.8, 4) is 0 Å². The lowest BCUT2D eigenvalue weighted by atomic mass is 9.88. The minimum atomic E-state index is -0.217. The topological polar surface area (TPSA) is 37.4 Å². The Bertz CT molecular complexity index is 439. The molecule has 0 bridgehead atoms. The van der Waals surface area contributed by atoms with Crippen molar-refractivity contribution in [2.24, 2.45) is 17.8 Å². The van der Waals surface area contributed by atoms with E-state index in [4.69, 9.17) is 0 Å². The fraction of sp³-hybridized carbons (Fsp3) is 0.467. The second kappa shape index (κ2) is 4.92. The van der Waals surface area contributed by atoms with E-state index in [0.29, 0.717) is 5.92 Å². The van der Waals surface area contributed by atoms with E-state index in [0.717, 1.165) is 12.1 Å². The van der Waals surface area contributed by atoms with Gasteiger partial charge in [0.1, 0.15) is 0 Å². The molecule has 0 aromatic carbocycles. The van der Waals surface area contributed by atoms with Crippen molar-refractivity contribution in [1.29, 1.82) is 0 Å². The van der Waals surface area contributed by atoms with Crippen LogP contribution in [0.4, 0.5) is 0 Å². The molecule has 1 aliphatic carbocycles. The van der Waals surface area contributed by atoms with E-state index in [1.54, 1.807) is 0 Å². The maximum atomic E-state index is 11.8. The fourth-order valence-electron chi connectivity index (χ4n) is 2.52. The van der Waals surface area contributed by atoms with Crippen molar-refractivity contribution in [2.75, 3.05) is 0 Å². The third-order valence-corrected chi connectivity index (χ3v) is 3.52. The lowest BCUT2D eigenvalue weighted by molar-refractivity contribution is -0.135. The SMILES string of the molecule is CC1C=CCC(C(C)C)C(N2C(=O)C=CC2=O)=C1. The summed E-state index contributed by atoms with van der Waals surface area (Å²) in [5, 5.41) is 0. The molecule has 96 valence electrons. The maximum absolute atomic E-state index is 11.8. The van der Waals surface area contributed by atoms with Crippen LogP contribution < -0.4 is 0 Å². The summed E-state index contributed by atoms with van der Waals surface area (Å²) in [6, 6.07) is 0. The number of imide groups is 1. The first kappa shape index (κ1) is 12.8. The minimum absolute atomic E-state index is 0.217. The predicted molar refractivity (Wildman–Crippen MR) is 70.3 cm³/mol. The Kier molecular flexibility index (Phi) is 3.50. The van der Waals surface area contributed by atoms with Crippen LogP contribution in [-0.2, 0) is 9.59 Å². The van der Waals surface area contributed by atoms with Crippen LogP contribution in [0.25, 0.3) is 0 Å². The first-order chi connectivity index (χ1) is 8.50. The van der Waals surface area contributed by atoms with Crippen LogP contribution >= 0.6 is 0 Å². The molecule has 0 aromatic heterocycles. The molecule has 2 unspecified atom stereocenters. The van der Waals surface area contributed by atoms with Gasteiger partial charge in [0.25, 0.3) is 11.8 Å². The van der Waals surface area contributed by atoms with E-state index >= 15 is 0 Å². The van der Waals surface area contributed by atoms with Gasteiger partial charge in [0.2, 0.25) is 0 Å². The second-order valence-corrected chi connectivity index (χ2v) is 5.31. The number of carbonyl (C=O) groups excluding carboxylic acids is 2. The van der Waals surface area contributed by atoms with Crippen molar-refractivity contribution in [2.45, 2.75) is 27.2 Å². The smallest absolute Gasteiger partial charge is 0.257 e. The molecule has 0 saturated heterocycles. The van der Waals surface area contributed by atoms with Gasteiger partial charge in [-0.05, 0) is 18.3 Å². The van der Waals surface area contributed by atoms with Gasteiger partial charge in [-0.15, -0.1) is 0 Å². The van der Waals surface area contributed by atoms with Crippen LogP contribution in [0, 0.1) is 17.8 Å². The number of nitrogens with zero attached hydrogens (tertiary/aromatic N) is 1. The largest absolute Gasteiger partial charge is 0.269 e. The molecular weight excluding hydrogens is 226 g/mol. The Balaban J connectivity index is 2.38. The zero-order chi connectivity index (χ0) is 13.3. The molecule has 1 aliphatic heterocycles. The molecule has 3 heteroatoms. The molecule has 0 N–H and O–H groups in total. The number of amides is 2. The third-order valence-electron chi connectivity index (χ3n) is 3.52. The third kappa shape index (κ3) is 2.30. The van der Waals surface area contributed by atoms with Gasteiger partial charge in [-0.3, -0.25) is 9.59 Å². The lowest BCUT2D eigenvalue weighted by Crippen LogP contribution is -2.34. The van der Waals surface area contributed by atoms with Crippen LogP contribution in [0.3, 0.4) is 0 Å².